The van der Waals surface area contributed by atoms with E-state index in [9.17, 15) is 9.59 Å². The monoisotopic (exact) mass is 468 g/mol. The third kappa shape index (κ3) is 21.2. The van der Waals surface area contributed by atoms with Gasteiger partial charge in [-0.05, 0) is 31.6 Å². The minimum atomic E-state index is -0.0188. The topological polar surface area (TPSA) is 52.6 Å². The van der Waals surface area contributed by atoms with E-state index in [2.05, 4.69) is 27.7 Å². The lowest BCUT2D eigenvalue weighted by molar-refractivity contribution is -0.150. The van der Waals surface area contributed by atoms with Crippen LogP contribution in [-0.4, -0.2) is 25.2 Å². The Bertz CT molecular complexity index is 447. The predicted octanol–water partition coefficient (Wildman–Crippen LogP) is 8.80. The lowest BCUT2D eigenvalue weighted by atomic mass is 9.90. The maximum absolute atomic E-state index is 12.3. The Kier molecular flexibility index (Phi) is 23.3. The molecule has 0 N–H and O–H groups in total. The average Bonchev–Trinajstić information content (AvgIpc) is 2.79. The zero-order valence-corrected chi connectivity index (χ0v) is 22.6. The van der Waals surface area contributed by atoms with Crippen molar-refractivity contribution < 1.29 is 19.1 Å². The van der Waals surface area contributed by atoms with Gasteiger partial charge >= 0.3 is 11.9 Å². The summed E-state index contributed by atoms with van der Waals surface area (Å²) in [5, 5.41) is 0. The highest BCUT2D eigenvalue weighted by atomic mass is 16.5. The van der Waals surface area contributed by atoms with Crippen molar-refractivity contribution in [3.05, 3.63) is 0 Å². The van der Waals surface area contributed by atoms with Gasteiger partial charge in [0.2, 0.25) is 0 Å². The molecule has 0 aromatic heterocycles. The van der Waals surface area contributed by atoms with Gasteiger partial charge in [-0.3, -0.25) is 9.59 Å². The summed E-state index contributed by atoms with van der Waals surface area (Å²) in [4.78, 5) is 23.9. The predicted molar refractivity (Wildman–Crippen MR) is 139 cm³/mol. The summed E-state index contributed by atoms with van der Waals surface area (Å²) in [5.41, 5.74) is 0. The number of carbonyl (C=O) groups is 2. The average molecular weight is 469 g/mol. The molecule has 0 saturated heterocycles. The number of rotatable bonds is 24. The Morgan fingerprint density at radius 2 is 1.03 bits per heavy atom. The van der Waals surface area contributed by atoms with Gasteiger partial charge in [0.1, 0.15) is 0 Å². The summed E-state index contributed by atoms with van der Waals surface area (Å²) in [6.45, 7) is 9.77. The van der Waals surface area contributed by atoms with Crippen LogP contribution in [-0.2, 0) is 19.1 Å². The molecule has 4 heteroatoms. The Balaban J connectivity index is 3.50. The van der Waals surface area contributed by atoms with Gasteiger partial charge in [0.25, 0.3) is 0 Å². The van der Waals surface area contributed by atoms with Gasteiger partial charge in [0, 0.05) is 6.42 Å². The van der Waals surface area contributed by atoms with Crippen LogP contribution in [0.2, 0.25) is 0 Å². The third-order valence-corrected chi connectivity index (χ3v) is 6.51. The fraction of sp³-hybridized carbons (Fsp3) is 0.931. The highest BCUT2D eigenvalue weighted by molar-refractivity contribution is 5.72. The van der Waals surface area contributed by atoms with Crippen LogP contribution in [0.4, 0.5) is 0 Å². The fourth-order valence-corrected chi connectivity index (χ4v) is 4.19. The van der Waals surface area contributed by atoms with Gasteiger partial charge in [0.05, 0.1) is 19.1 Å². The van der Waals surface area contributed by atoms with Crippen LogP contribution in [0.3, 0.4) is 0 Å². The molecule has 0 aliphatic rings. The second-order valence-corrected chi connectivity index (χ2v) is 10.1. The second-order valence-electron chi connectivity index (χ2n) is 10.1. The van der Waals surface area contributed by atoms with Crippen molar-refractivity contribution in [1.82, 2.24) is 0 Å². The Morgan fingerprint density at radius 1 is 0.576 bits per heavy atom. The first-order valence-electron chi connectivity index (χ1n) is 14.3. The van der Waals surface area contributed by atoms with Crippen LogP contribution in [0.25, 0.3) is 0 Å². The standard InChI is InChI=1S/C29H56O4/c1-5-7-20-24-32-28(30)23-19-17-15-13-11-9-10-12-14-16-18-22-27(26(3)4)29(31)33-25-21-8-6-2/h26-27H,5-25H2,1-4H3. The van der Waals surface area contributed by atoms with E-state index in [0.717, 1.165) is 64.2 Å². The molecular formula is C29H56O4. The highest BCUT2D eigenvalue weighted by Gasteiger charge is 2.22. The molecule has 0 heterocycles. The van der Waals surface area contributed by atoms with Crippen LogP contribution in [0.1, 0.15) is 150 Å². The molecule has 0 fully saturated rings. The van der Waals surface area contributed by atoms with Gasteiger partial charge < -0.3 is 9.47 Å². The van der Waals surface area contributed by atoms with E-state index in [-0.39, 0.29) is 17.9 Å². The summed E-state index contributed by atoms with van der Waals surface area (Å²) in [6, 6.07) is 0. The van der Waals surface area contributed by atoms with Crippen molar-refractivity contribution >= 4 is 11.9 Å². The van der Waals surface area contributed by atoms with Gasteiger partial charge in [-0.25, -0.2) is 0 Å². The van der Waals surface area contributed by atoms with Crippen molar-refractivity contribution in [2.45, 2.75) is 150 Å². The van der Waals surface area contributed by atoms with E-state index in [0.29, 0.717) is 25.6 Å². The third-order valence-electron chi connectivity index (χ3n) is 6.51. The largest absolute Gasteiger partial charge is 0.466 e. The first kappa shape index (κ1) is 31.9. The highest BCUT2D eigenvalue weighted by Crippen LogP contribution is 2.21. The molecule has 0 aromatic carbocycles. The van der Waals surface area contributed by atoms with Crippen LogP contribution in [0.15, 0.2) is 0 Å². The molecule has 196 valence electrons. The molecule has 0 amide bonds. The summed E-state index contributed by atoms with van der Waals surface area (Å²) < 4.78 is 10.7. The minimum Gasteiger partial charge on any atom is -0.466 e. The maximum atomic E-state index is 12.3. The van der Waals surface area contributed by atoms with Crippen molar-refractivity contribution in [1.29, 1.82) is 0 Å². The summed E-state index contributed by atoms with van der Waals surface area (Å²) in [7, 11) is 0. The number of carbonyl (C=O) groups excluding carboxylic acids is 2. The fourth-order valence-electron chi connectivity index (χ4n) is 4.19. The SMILES string of the molecule is CCCCCOC(=O)CCCCCCCCCCCCCC(C(=O)OCCCCC)C(C)C. The second kappa shape index (κ2) is 24.1. The summed E-state index contributed by atoms with van der Waals surface area (Å²) in [5.74, 6) is 0.425. The molecule has 0 radical (unpaired) electrons. The van der Waals surface area contributed by atoms with Gasteiger partial charge in [0.15, 0.2) is 0 Å². The van der Waals surface area contributed by atoms with Crippen molar-refractivity contribution in [3.8, 4) is 0 Å². The molecule has 1 atom stereocenters. The molecule has 0 aromatic rings. The maximum Gasteiger partial charge on any atom is 0.309 e. The first-order chi connectivity index (χ1) is 16.0. The van der Waals surface area contributed by atoms with E-state index < -0.39 is 0 Å². The van der Waals surface area contributed by atoms with E-state index in [4.69, 9.17) is 9.47 Å². The molecular weight excluding hydrogens is 412 g/mol. The van der Waals surface area contributed by atoms with E-state index in [1.54, 1.807) is 0 Å². The van der Waals surface area contributed by atoms with Crippen molar-refractivity contribution in [2.75, 3.05) is 13.2 Å². The van der Waals surface area contributed by atoms with Crippen LogP contribution >= 0.6 is 0 Å². The molecule has 1 unspecified atom stereocenters. The van der Waals surface area contributed by atoms with Gasteiger partial charge in [-0.1, -0.05) is 118 Å². The molecule has 0 spiro atoms. The summed E-state index contributed by atoms with van der Waals surface area (Å²) in [6.07, 6.45) is 21.6. The number of ether oxygens (including phenoxy) is 2. The zero-order valence-electron chi connectivity index (χ0n) is 22.6. The number of hydrogen-bond acceptors (Lipinski definition) is 4. The molecule has 0 aliphatic carbocycles. The van der Waals surface area contributed by atoms with Crippen molar-refractivity contribution in [3.63, 3.8) is 0 Å². The lowest BCUT2D eigenvalue weighted by Gasteiger charge is -2.19. The molecule has 0 bridgehead atoms. The van der Waals surface area contributed by atoms with E-state index >= 15 is 0 Å². The van der Waals surface area contributed by atoms with Crippen LogP contribution in [0.5, 0.6) is 0 Å². The lowest BCUT2D eigenvalue weighted by Crippen LogP contribution is -2.23. The smallest absolute Gasteiger partial charge is 0.309 e. The molecule has 33 heavy (non-hydrogen) atoms. The van der Waals surface area contributed by atoms with E-state index in [1.165, 1.54) is 51.4 Å². The molecule has 0 rings (SSSR count). The zero-order chi connectivity index (χ0) is 24.6. The Hall–Kier alpha value is -1.06. The number of esters is 2. The minimum absolute atomic E-state index is 0.0185. The van der Waals surface area contributed by atoms with Crippen LogP contribution < -0.4 is 0 Å². The summed E-state index contributed by atoms with van der Waals surface area (Å²) >= 11 is 0. The van der Waals surface area contributed by atoms with Gasteiger partial charge in [-0.2, -0.15) is 0 Å². The van der Waals surface area contributed by atoms with Crippen molar-refractivity contribution in [2.24, 2.45) is 11.8 Å². The number of hydrogen-bond donors (Lipinski definition) is 0. The van der Waals surface area contributed by atoms with Gasteiger partial charge in [-0.15, -0.1) is 0 Å². The Morgan fingerprint density at radius 3 is 1.52 bits per heavy atom. The quantitative estimate of drug-likeness (QED) is 0.105. The molecule has 0 aliphatic heterocycles. The molecule has 4 nitrogen and oxygen atoms in total. The molecule has 0 saturated carbocycles. The van der Waals surface area contributed by atoms with Crippen LogP contribution in [0, 0.1) is 11.8 Å². The van der Waals surface area contributed by atoms with E-state index in [1.807, 2.05) is 0 Å². The first-order valence-corrected chi connectivity index (χ1v) is 14.3. The Labute approximate surface area is 206 Å². The normalized spacial score (nSPS) is 12.2. The number of unbranched alkanes of at least 4 members (excludes halogenated alkanes) is 14.